The number of benzene rings is 1. The van der Waals surface area contributed by atoms with Crippen LogP contribution in [0, 0.1) is 0 Å². The summed E-state index contributed by atoms with van der Waals surface area (Å²) in [7, 11) is 3.55. The molecule has 0 heterocycles. The van der Waals surface area contributed by atoms with Gasteiger partial charge in [-0.05, 0) is 50.4 Å². The van der Waals surface area contributed by atoms with Gasteiger partial charge in [-0.3, -0.25) is 14.7 Å². The molecule has 158 valence electrons. The average molecular weight is 501 g/mol. The van der Waals surface area contributed by atoms with E-state index in [1.54, 1.807) is 19.0 Å². The fourth-order valence-electron chi connectivity index (χ4n) is 3.11. The van der Waals surface area contributed by atoms with Crippen LogP contribution in [0.5, 0.6) is 0 Å². The Morgan fingerprint density at radius 3 is 2.57 bits per heavy atom. The zero-order valence-electron chi connectivity index (χ0n) is 17.7. The SMILES string of the molecule is CCNC(=NCCN(CC)C1CC1)NCCc1cccc(C(=O)N(C)C)c1.I. The van der Waals surface area contributed by atoms with Crippen LogP contribution in [0.1, 0.15) is 42.6 Å². The van der Waals surface area contributed by atoms with Crippen molar-refractivity contribution in [2.24, 2.45) is 4.99 Å². The summed E-state index contributed by atoms with van der Waals surface area (Å²) in [5.74, 6) is 0.903. The normalized spacial score (nSPS) is 13.8. The van der Waals surface area contributed by atoms with Crippen molar-refractivity contribution in [1.29, 1.82) is 0 Å². The van der Waals surface area contributed by atoms with E-state index < -0.39 is 0 Å². The minimum absolute atomic E-state index is 0. The lowest BCUT2D eigenvalue weighted by atomic mass is 10.1. The second-order valence-electron chi connectivity index (χ2n) is 7.20. The molecule has 1 aromatic carbocycles. The van der Waals surface area contributed by atoms with Crippen molar-refractivity contribution in [2.45, 2.75) is 39.2 Å². The molecule has 1 saturated carbocycles. The maximum atomic E-state index is 12.1. The molecule has 0 atom stereocenters. The molecule has 1 amide bonds. The Labute approximate surface area is 187 Å². The summed E-state index contributed by atoms with van der Waals surface area (Å²) in [5, 5.41) is 6.71. The van der Waals surface area contributed by atoms with Crippen molar-refractivity contribution >= 4 is 35.8 Å². The van der Waals surface area contributed by atoms with Crippen LogP contribution in [0.3, 0.4) is 0 Å². The van der Waals surface area contributed by atoms with Gasteiger partial charge in [0.15, 0.2) is 5.96 Å². The highest BCUT2D eigenvalue weighted by molar-refractivity contribution is 14.0. The topological polar surface area (TPSA) is 60.0 Å². The fourth-order valence-corrected chi connectivity index (χ4v) is 3.11. The fraction of sp³-hybridized carbons (Fsp3) is 0.619. The third kappa shape index (κ3) is 8.34. The number of carbonyl (C=O) groups excluding carboxylic acids is 1. The van der Waals surface area contributed by atoms with Crippen LogP contribution in [-0.4, -0.2) is 74.5 Å². The van der Waals surface area contributed by atoms with Gasteiger partial charge in [0.2, 0.25) is 0 Å². The predicted molar refractivity (Wildman–Crippen MR) is 128 cm³/mol. The molecule has 28 heavy (non-hydrogen) atoms. The van der Waals surface area contributed by atoms with Crippen LogP contribution < -0.4 is 10.6 Å². The molecule has 0 spiro atoms. The summed E-state index contributed by atoms with van der Waals surface area (Å²) in [4.78, 5) is 20.9. The molecule has 6 nitrogen and oxygen atoms in total. The van der Waals surface area contributed by atoms with Gasteiger partial charge in [0.1, 0.15) is 0 Å². The minimum atomic E-state index is 0. The summed E-state index contributed by atoms with van der Waals surface area (Å²) in [6.45, 7) is 8.87. The summed E-state index contributed by atoms with van der Waals surface area (Å²) in [6, 6.07) is 8.64. The van der Waals surface area contributed by atoms with Gasteiger partial charge in [-0.1, -0.05) is 19.1 Å². The standard InChI is InChI=1S/C21H35N5O.HI/c1-5-22-21(24-14-15-26(6-2)19-10-11-19)23-13-12-17-8-7-9-18(16-17)20(27)25(3)4;/h7-9,16,19H,5-6,10-15H2,1-4H3,(H2,22,23,24);1H. The number of nitrogens with zero attached hydrogens (tertiary/aromatic N) is 3. The van der Waals surface area contributed by atoms with Gasteiger partial charge < -0.3 is 15.5 Å². The van der Waals surface area contributed by atoms with Gasteiger partial charge >= 0.3 is 0 Å². The summed E-state index contributed by atoms with van der Waals surface area (Å²) in [5.41, 5.74) is 1.88. The lowest BCUT2D eigenvalue weighted by Gasteiger charge is -2.19. The molecule has 1 fully saturated rings. The number of hydrogen-bond donors (Lipinski definition) is 2. The number of guanidine groups is 1. The smallest absolute Gasteiger partial charge is 0.253 e. The minimum Gasteiger partial charge on any atom is -0.357 e. The van der Waals surface area contributed by atoms with E-state index in [0.29, 0.717) is 0 Å². The molecular weight excluding hydrogens is 465 g/mol. The van der Waals surface area contributed by atoms with Crippen LogP contribution >= 0.6 is 24.0 Å². The predicted octanol–water partition coefficient (Wildman–Crippen LogP) is 2.59. The maximum absolute atomic E-state index is 12.1. The number of carbonyl (C=O) groups is 1. The van der Waals surface area contributed by atoms with E-state index in [0.717, 1.165) is 62.3 Å². The third-order valence-corrected chi connectivity index (χ3v) is 4.76. The molecule has 1 aliphatic carbocycles. The quantitative estimate of drug-likeness (QED) is 0.294. The maximum Gasteiger partial charge on any atom is 0.253 e. The molecule has 0 bridgehead atoms. The first-order chi connectivity index (χ1) is 13.0. The first kappa shape index (κ1) is 24.7. The Morgan fingerprint density at radius 2 is 1.96 bits per heavy atom. The molecule has 0 radical (unpaired) electrons. The molecular formula is C21H36IN5O. The summed E-state index contributed by atoms with van der Waals surface area (Å²) < 4.78 is 0. The molecule has 0 aliphatic heterocycles. The Kier molecular flexibility index (Phi) is 11.4. The third-order valence-electron chi connectivity index (χ3n) is 4.76. The molecule has 2 rings (SSSR count). The van der Waals surface area contributed by atoms with Crippen LogP contribution in [0.15, 0.2) is 29.3 Å². The second kappa shape index (κ2) is 13.0. The molecule has 1 aliphatic rings. The average Bonchev–Trinajstić information content (AvgIpc) is 3.50. The van der Waals surface area contributed by atoms with E-state index in [-0.39, 0.29) is 29.9 Å². The van der Waals surface area contributed by atoms with Crippen LogP contribution in [0.25, 0.3) is 0 Å². The molecule has 7 heteroatoms. The van der Waals surface area contributed by atoms with Crippen LogP contribution in [0.4, 0.5) is 0 Å². The van der Waals surface area contributed by atoms with Crippen molar-refractivity contribution in [3.63, 3.8) is 0 Å². The van der Waals surface area contributed by atoms with Crippen molar-refractivity contribution in [3.8, 4) is 0 Å². The van der Waals surface area contributed by atoms with Crippen molar-refractivity contribution in [1.82, 2.24) is 20.4 Å². The van der Waals surface area contributed by atoms with Gasteiger partial charge in [0, 0.05) is 45.3 Å². The zero-order valence-corrected chi connectivity index (χ0v) is 20.0. The van der Waals surface area contributed by atoms with Crippen LogP contribution in [-0.2, 0) is 6.42 Å². The molecule has 0 unspecified atom stereocenters. The van der Waals surface area contributed by atoms with E-state index in [2.05, 4.69) is 35.4 Å². The monoisotopic (exact) mass is 501 g/mol. The Morgan fingerprint density at radius 1 is 1.21 bits per heavy atom. The van der Waals surface area contributed by atoms with E-state index >= 15 is 0 Å². The number of likely N-dealkylation sites (N-methyl/N-ethyl adjacent to an activating group) is 1. The number of hydrogen-bond acceptors (Lipinski definition) is 3. The lowest BCUT2D eigenvalue weighted by Crippen LogP contribution is -2.39. The van der Waals surface area contributed by atoms with E-state index in [1.165, 1.54) is 12.8 Å². The first-order valence-corrected chi connectivity index (χ1v) is 10.1. The Bertz CT molecular complexity index is 631. The zero-order chi connectivity index (χ0) is 19.6. The molecule has 0 saturated heterocycles. The van der Waals surface area contributed by atoms with E-state index in [4.69, 9.17) is 4.99 Å². The Balaban J connectivity index is 0.00000392. The lowest BCUT2D eigenvalue weighted by molar-refractivity contribution is 0.0827. The van der Waals surface area contributed by atoms with Crippen LogP contribution in [0.2, 0.25) is 0 Å². The van der Waals surface area contributed by atoms with Crippen molar-refractivity contribution < 1.29 is 4.79 Å². The van der Waals surface area contributed by atoms with Crippen molar-refractivity contribution in [2.75, 3.05) is 46.8 Å². The number of nitrogens with one attached hydrogen (secondary N) is 2. The highest BCUT2D eigenvalue weighted by Gasteiger charge is 2.27. The van der Waals surface area contributed by atoms with E-state index in [1.807, 2.05) is 18.2 Å². The second-order valence-corrected chi connectivity index (χ2v) is 7.20. The van der Waals surface area contributed by atoms with Crippen molar-refractivity contribution in [3.05, 3.63) is 35.4 Å². The largest absolute Gasteiger partial charge is 0.357 e. The number of amides is 1. The van der Waals surface area contributed by atoms with Gasteiger partial charge in [-0.25, -0.2) is 0 Å². The highest BCUT2D eigenvalue weighted by atomic mass is 127. The number of rotatable bonds is 10. The summed E-state index contributed by atoms with van der Waals surface area (Å²) in [6.07, 6.45) is 3.53. The summed E-state index contributed by atoms with van der Waals surface area (Å²) >= 11 is 0. The van der Waals surface area contributed by atoms with Gasteiger partial charge in [0.05, 0.1) is 6.54 Å². The first-order valence-electron chi connectivity index (χ1n) is 10.1. The highest BCUT2D eigenvalue weighted by Crippen LogP contribution is 2.25. The van der Waals surface area contributed by atoms with Gasteiger partial charge in [0.25, 0.3) is 5.91 Å². The molecule has 1 aromatic rings. The Hall–Kier alpha value is -1.35. The van der Waals surface area contributed by atoms with Gasteiger partial charge in [-0.15, -0.1) is 24.0 Å². The number of aliphatic imine (C=N–C) groups is 1. The van der Waals surface area contributed by atoms with Gasteiger partial charge in [-0.2, -0.15) is 0 Å². The molecule has 0 aromatic heterocycles. The number of halogens is 1. The van der Waals surface area contributed by atoms with E-state index in [9.17, 15) is 4.79 Å². The molecule has 2 N–H and O–H groups in total.